The average molecular weight is 304 g/mol. The van der Waals surface area contributed by atoms with Crippen LogP contribution in [0.4, 0.5) is 10.6 Å². The highest BCUT2D eigenvalue weighted by Gasteiger charge is 2.29. The number of hydrogen-bond donors (Lipinski definition) is 2. The smallest absolute Gasteiger partial charge is 0.320 e. The monoisotopic (exact) mass is 304 g/mol. The van der Waals surface area contributed by atoms with Gasteiger partial charge in [0.1, 0.15) is 6.10 Å². The lowest BCUT2D eigenvalue weighted by Crippen LogP contribution is -2.44. The van der Waals surface area contributed by atoms with Gasteiger partial charge in [-0.05, 0) is 12.8 Å². The molecule has 2 atom stereocenters. The van der Waals surface area contributed by atoms with Crippen LogP contribution >= 0.6 is 0 Å². The molecule has 1 aliphatic rings. The van der Waals surface area contributed by atoms with Crippen molar-refractivity contribution in [1.82, 2.24) is 24.9 Å². The fourth-order valence-corrected chi connectivity index (χ4v) is 2.65. The van der Waals surface area contributed by atoms with Gasteiger partial charge in [0.05, 0.1) is 12.2 Å². The quantitative estimate of drug-likeness (QED) is 0.892. The van der Waals surface area contributed by atoms with Crippen molar-refractivity contribution in [3.05, 3.63) is 30.2 Å². The topological polar surface area (TPSA) is 86.0 Å². The van der Waals surface area contributed by atoms with Crippen LogP contribution in [0, 0.1) is 0 Å². The average Bonchev–Trinajstić information content (AvgIpc) is 3.08. The first-order chi connectivity index (χ1) is 10.6. The number of rotatable bonds is 3. The zero-order valence-corrected chi connectivity index (χ0v) is 12.7. The molecule has 3 heterocycles. The molecule has 1 fully saturated rings. The highest BCUT2D eigenvalue weighted by atomic mass is 16.5. The molecule has 0 spiro atoms. The minimum absolute atomic E-state index is 0.0818. The molecule has 0 bridgehead atoms. The third-order valence-corrected chi connectivity index (χ3v) is 3.65. The first-order valence-electron chi connectivity index (χ1n) is 7.29. The molecule has 118 valence electrons. The molecule has 8 heteroatoms. The number of ether oxygens (including phenoxy) is 1. The van der Waals surface area contributed by atoms with Gasteiger partial charge in [0.25, 0.3) is 0 Å². The molecule has 1 saturated heterocycles. The Morgan fingerprint density at radius 3 is 2.95 bits per heavy atom. The SMILES string of the molecule is Cn1cc([C@H]2OCCC[C@@H]2NC(=O)Nc2ccn(C)n2)cn1. The van der Waals surface area contributed by atoms with Gasteiger partial charge < -0.3 is 10.1 Å². The second-order valence-electron chi connectivity index (χ2n) is 5.46. The Kier molecular flexibility index (Phi) is 4.10. The summed E-state index contributed by atoms with van der Waals surface area (Å²) in [6.07, 6.45) is 7.10. The van der Waals surface area contributed by atoms with Crippen molar-refractivity contribution in [2.45, 2.75) is 25.0 Å². The molecule has 0 radical (unpaired) electrons. The summed E-state index contributed by atoms with van der Waals surface area (Å²) in [6, 6.07) is 1.39. The van der Waals surface area contributed by atoms with E-state index in [1.165, 1.54) is 0 Å². The number of anilines is 1. The fraction of sp³-hybridized carbons (Fsp3) is 0.500. The minimum Gasteiger partial charge on any atom is -0.371 e. The predicted molar refractivity (Wildman–Crippen MR) is 80.3 cm³/mol. The number of carbonyl (C=O) groups excluding carboxylic acids is 1. The summed E-state index contributed by atoms with van der Waals surface area (Å²) in [4.78, 5) is 12.1. The molecular weight excluding hydrogens is 284 g/mol. The second kappa shape index (κ2) is 6.18. The molecule has 3 rings (SSSR count). The molecule has 22 heavy (non-hydrogen) atoms. The van der Waals surface area contributed by atoms with Crippen molar-refractivity contribution in [3.8, 4) is 0 Å². The number of urea groups is 1. The van der Waals surface area contributed by atoms with Crippen molar-refractivity contribution in [1.29, 1.82) is 0 Å². The summed E-state index contributed by atoms with van der Waals surface area (Å²) in [5.74, 6) is 0.523. The molecule has 2 aromatic rings. The zero-order valence-electron chi connectivity index (χ0n) is 12.7. The summed E-state index contributed by atoms with van der Waals surface area (Å²) < 4.78 is 9.20. The van der Waals surface area contributed by atoms with Crippen LogP contribution < -0.4 is 10.6 Å². The van der Waals surface area contributed by atoms with E-state index < -0.39 is 0 Å². The molecule has 2 aromatic heterocycles. The van der Waals surface area contributed by atoms with E-state index >= 15 is 0 Å². The van der Waals surface area contributed by atoms with Gasteiger partial charge in [-0.2, -0.15) is 10.2 Å². The lowest BCUT2D eigenvalue weighted by atomic mass is 9.98. The van der Waals surface area contributed by atoms with E-state index in [0.29, 0.717) is 12.4 Å². The molecule has 0 unspecified atom stereocenters. The number of aryl methyl sites for hydroxylation is 2. The van der Waals surface area contributed by atoms with Crippen molar-refractivity contribution < 1.29 is 9.53 Å². The first-order valence-corrected chi connectivity index (χ1v) is 7.29. The summed E-state index contributed by atoms with van der Waals surface area (Å²) in [6.45, 7) is 0.694. The summed E-state index contributed by atoms with van der Waals surface area (Å²) >= 11 is 0. The van der Waals surface area contributed by atoms with Gasteiger partial charge >= 0.3 is 6.03 Å². The minimum atomic E-state index is -0.275. The molecule has 0 aliphatic carbocycles. The lowest BCUT2D eigenvalue weighted by molar-refractivity contribution is -0.00700. The van der Waals surface area contributed by atoms with E-state index in [-0.39, 0.29) is 18.2 Å². The van der Waals surface area contributed by atoms with Gasteiger partial charge in [0.2, 0.25) is 0 Å². The predicted octanol–water partition coefficient (Wildman–Crippen LogP) is 1.20. The molecule has 8 nitrogen and oxygen atoms in total. The Labute approximate surface area is 128 Å². The number of nitrogens with zero attached hydrogens (tertiary/aromatic N) is 4. The highest BCUT2D eigenvalue weighted by molar-refractivity contribution is 5.88. The Bertz CT molecular complexity index is 649. The molecule has 1 aliphatic heterocycles. The maximum Gasteiger partial charge on any atom is 0.320 e. The van der Waals surface area contributed by atoms with Gasteiger partial charge in [-0.1, -0.05) is 0 Å². The van der Waals surface area contributed by atoms with Crippen LogP contribution in [0.25, 0.3) is 0 Å². The van der Waals surface area contributed by atoms with Crippen LogP contribution in [-0.4, -0.2) is 38.2 Å². The van der Waals surface area contributed by atoms with E-state index in [0.717, 1.165) is 18.4 Å². The van der Waals surface area contributed by atoms with Gasteiger partial charge in [0, 0.05) is 44.7 Å². The molecule has 2 amide bonds. The Hall–Kier alpha value is -2.35. The van der Waals surface area contributed by atoms with E-state index in [9.17, 15) is 4.79 Å². The molecule has 2 N–H and O–H groups in total. The van der Waals surface area contributed by atoms with Crippen LogP contribution in [0.15, 0.2) is 24.7 Å². The number of nitrogens with one attached hydrogen (secondary N) is 2. The maximum absolute atomic E-state index is 12.1. The molecular formula is C14H20N6O2. The van der Waals surface area contributed by atoms with Crippen molar-refractivity contribution >= 4 is 11.8 Å². The van der Waals surface area contributed by atoms with Crippen LogP contribution in [0.2, 0.25) is 0 Å². The van der Waals surface area contributed by atoms with Gasteiger partial charge in [-0.15, -0.1) is 0 Å². The number of amides is 2. The third kappa shape index (κ3) is 3.28. The van der Waals surface area contributed by atoms with Crippen LogP contribution in [0.3, 0.4) is 0 Å². The summed E-state index contributed by atoms with van der Waals surface area (Å²) in [7, 11) is 3.67. The van der Waals surface area contributed by atoms with Crippen LogP contribution in [0.5, 0.6) is 0 Å². The fourth-order valence-electron chi connectivity index (χ4n) is 2.65. The number of hydrogen-bond acceptors (Lipinski definition) is 4. The summed E-state index contributed by atoms with van der Waals surface area (Å²) in [5.41, 5.74) is 0.977. The van der Waals surface area contributed by atoms with E-state index in [4.69, 9.17) is 4.74 Å². The van der Waals surface area contributed by atoms with Crippen molar-refractivity contribution in [2.24, 2.45) is 14.1 Å². The summed E-state index contributed by atoms with van der Waals surface area (Å²) in [5, 5.41) is 14.0. The molecule has 0 aromatic carbocycles. The maximum atomic E-state index is 12.1. The first kappa shape index (κ1) is 14.6. The zero-order chi connectivity index (χ0) is 15.5. The van der Waals surface area contributed by atoms with E-state index in [2.05, 4.69) is 20.8 Å². The lowest BCUT2D eigenvalue weighted by Gasteiger charge is -2.31. The highest BCUT2D eigenvalue weighted by Crippen LogP contribution is 2.28. The van der Waals surface area contributed by atoms with E-state index in [1.54, 1.807) is 34.9 Å². The number of aromatic nitrogens is 4. The number of carbonyl (C=O) groups is 1. The van der Waals surface area contributed by atoms with Crippen molar-refractivity contribution in [3.63, 3.8) is 0 Å². The second-order valence-corrected chi connectivity index (χ2v) is 5.46. The third-order valence-electron chi connectivity index (χ3n) is 3.65. The van der Waals surface area contributed by atoms with Crippen LogP contribution in [0.1, 0.15) is 24.5 Å². The van der Waals surface area contributed by atoms with Gasteiger partial charge in [-0.3, -0.25) is 14.7 Å². The standard InChI is InChI=1S/C14H20N6O2/c1-19-6-5-12(18-19)17-14(21)16-11-4-3-7-22-13(11)10-8-15-20(2)9-10/h5-6,8-9,11,13H,3-4,7H2,1-2H3,(H2,16,17,18,21)/t11-,13+/m0/s1. The largest absolute Gasteiger partial charge is 0.371 e. The Balaban J connectivity index is 1.64. The van der Waals surface area contributed by atoms with Gasteiger partial charge in [-0.25, -0.2) is 4.79 Å². The normalized spacial score (nSPS) is 21.5. The van der Waals surface area contributed by atoms with Crippen molar-refractivity contribution in [2.75, 3.05) is 11.9 Å². The van der Waals surface area contributed by atoms with Crippen LogP contribution in [-0.2, 0) is 18.8 Å². The van der Waals surface area contributed by atoms with E-state index in [1.807, 2.05) is 13.2 Å². The van der Waals surface area contributed by atoms with Gasteiger partial charge in [0.15, 0.2) is 5.82 Å². The Morgan fingerprint density at radius 1 is 1.41 bits per heavy atom. The molecule has 0 saturated carbocycles. The Morgan fingerprint density at radius 2 is 2.27 bits per heavy atom.